The zero-order valence-electron chi connectivity index (χ0n) is 17.6. The molecule has 1 aromatic carbocycles. The predicted molar refractivity (Wildman–Crippen MR) is 115 cm³/mol. The molecule has 1 unspecified atom stereocenters. The van der Waals surface area contributed by atoms with Gasteiger partial charge in [-0.3, -0.25) is 0 Å². The number of rotatable bonds is 6. The van der Waals surface area contributed by atoms with Gasteiger partial charge >= 0.3 is 0 Å². The topological polar surface area (TPSA) is 69.6 Å². The largest absolute Gasteiger partial charge is 0.494 e. The number of hydrogen-bond acceptors (Lipinski definition) is 8. The van der Waals surface area contributed by atoms with E-state index in [2.05, 4.69) is 15.0 Å². The van der Waals surface area contributed by atoms with Crippen molar-refractivity contribution in [2.75, 3.05) is 45.6 Å². The van der Waals surface area contributed by atoms with Crippen LogP contribution in [0.5, 0.6) is 11.5 Å². The summed E-state index contributed by atoms with van der Waals surface area (Å²) in [6.45, 7) is 1.29. The minimum absolute atomic E-state index is 0.0488. The van der Waals surface area contributed by atoms with Gasteiger partial charge in [0.25, 0.3) is 0 Å². The average Bonchev–Trinajstić information content (AvgIpc) is 3.27. The Balaban J connectivity index is 1.97. The van der Waals surface area contributed by atoms with Gasteiger partial charge in [-0.1, -0.05) is 11.8 Å². The Bertz CT molecular complexity index is 1100. The highest BCUT2D eigenvalue weighted by Crippen LogP contribution is 2.39. The van der Waals surface area contributed by atoms with E-state index >= 15 is 8.78 Å². The lowest BCUT2D eigenvalue weighted by Crippen LogP contribution is -2.24. The minimum atomic E-state index is -0.851. The smallest absolute Gasteiger partial charge is 0.187 e. The van der Waals surface area contributed by atoms with Gasteiger partial charge in [-0.15, -0.1) is 0 Å². The van der Waals surface area contributed by atoms with E-state index in [1.165, 1.54) is 32.0 Å². The first kappa shape index (κ1) is 21.5. The van der Waals surface area contributed by atoms with Crippen molar-refractivity contribution in [2.45, 2.75) is 17.7 Å². The number of fused-ring (bicyclic) bond motifs is 1. The standard InChI is InChI=1S/C21H22F2N4O3S/c1-28-12-5-6-27(10-12)20-19-11(9-24-21(26-19)31-4)7-13(25-20)16-17(22)14(29-2)8-15(30-3)18(16)23/h7-9,12H,5-6,10H2,1-4H3. The number of ether oxygens (including phenoxy) is 3. The first-order chi connectivity index (χ1) is 15.0. The SMILES string of the molecule is COc1cc(OC)c(F)c(-c2cc3cnc(SC)nc3c(N3CCC(OC)C3)n2)c1F. The van der Waals surface area contributed by atoms with Crippen molar-refractivity contribution in [2.24, 2.45) is 0 Å². The summed E-state index contributed by atoms with van der Waals surface area (Å²) in [4.78, 5) is 15.6. The summed E-state index contributed by atoms with van der Waals surface area (Å²) in [7, 11) is 4.29. The normalized spacial score (nSPS) is 16.2. The number of nitrogens with zero attached hydrogens (tertiary/aromatic N) is 4. The molecule has 164 valence electrons. The quantitative estimate of drug-likeness (QED) is 0.415. The fourth-order valence-corrected chi connectivity index (χ4v) is 4.02. The summed E-state index contributed by atoms with van der Waals surface area (Å²) in [6.07, 6.45) is 4.39. The lowest BCUT2D eigenvalue weighted by Gasteiger charge is -2.20. The van der Waals surface area contributed by atoms with E-state index < -0.39 is 11.6 Å². The van der Waals surface area contributed by atoms with E-state index in [0.29, 0.717) is 35.0 Å². The van der Waals surface area contributed by atoms with Gasteiger partial charge in [-0.2, -0.15) is 0 Å². The third-order valence-corrected chi connectivity index (χ3v) is 5.88. The van der Waals surface area contributed by atoms with Gasteiger partial charge in [0.1, 0.15) is 5.52 Å². The molecule has 0 radical (unpaired) electrons. The van der Waals surface area contributed by atoms with Gasteiger partial charge in [-0.05, 0) is 18.7 Å². The maximum absolute atomic E-state index is 15.2. The molecule has 31 heavy (non-hydrogen) atoms. The van der Waals surface area contributed by atoms with Gasteiger partial charge in [0.05, 0.1) is 31.6 Å². The van der Waals surface area contributed by atoms with Crippen LogP contribution >= 0.6 is 11.8 Å². The Kier molecular flexibility index (Phi) is 6.10. The van der Waals surface area contributed by atoms with Crippen LogP contribution in [0, 0.1) is 11.6 Å². The molecular formula is C21H22F2N4O3S. The van der Waals surface area contributed by atoms with Crippen molar-refractivity contribution in [1.82, 2.24) is 15.0 Å². The lowest BCUT2D eigenvalue weighted by atomic mass is 10.1. The fraction of sp³-hybridized carbons (Fsp3) is 0.381. The number of hydrogen-bond donors (Lipinski definition) is 0. The summed E-state index contributed by atoms with van der Waals surface area (Å²) in [5.41, 5.74) is 0.405. The summed E-state index contributed by atoms with van der Waals surface area (Å²) < 4.78 is 45.9. The van der Waals surface area contributed by atoms with Crippen LogP contribution in [0.3, 0.4) is 0 Å². The summed E-state index contributed by atoms with van der Waals surface area (Å²) >= 11 is 1.41. The first-order valence-electron chi connectivity index (χ1n) is 9.60. The molecular weight excluding hydrogens is 426 g/mol. The van der Waals surface area contributed by atoms with E-state index in [0.717, 1.165) is 6.42 Å². The molecule has 3 heterocycles. The van der Waals surface area contributed by atoms with Crippen molar-refractivity contribution in [3.63, 3.8) is 0 Å². The van der Waals surface area contributed by atoms with E-state index in [9.17, 15) is 0 Å². The molecule has 0 spiro atoms. The molecule has 1 saturated heterocycles. The highest BCUT2D eigenvalue weighted by molar-refractivity contribution is 7.98. The third kappa shape index (κ3) is 3.85. The second-order valence-corrected chi connectivity index (χ2v) is 7.78. The van der Waals surface area contributed by atoms with Crippen LogP contribution in [0.25, 0.3) is 22.2 Å². The Morgan fingerprint density at radius 2 is 1.77 bits per heavy atom. The third-order valence-electron chi connectivity index (χ3n) is 5.32. The monoisotopic (exact) mass is 448 g/mol. The van der Waals surface area contributed by atoms with Gasteiger partial charge in [0.2, 0.25) is 0 Å². The van der Waals surface area contributed by atoms with Crippen LogP contribution in [-0.4, -0.2) is 61.7 Å². The van der Waals surface area contributed by atoms with Crippen LogP contribution in [0.2, 0.25) is 0 Å². The predicted octanol–water partition coefficient (Wildman–Crippen LogP) is 3.93. The van der Waals surface area contributed by atoms with Crippen LogP contribution in [0.15, 0.2) is 23.5 Å². The molecule has 2 aromatic heterocycles. The molecule has 0 aliphatic carbocycles. The van der Waals surface area contributed by atoms with Crippen LogP contribution in [0.1, 0.15) is 6.42 Å². The van der Waals surface area contributed by atoms with Crippen LogP contribution < -0.4 is 14.4 Å². The van der Waals surface area contributed by atoms with Crippen molar-refractivity contribution < 1.29 is 23.0 Å². The van der Waals surface area contributed by atoms with Crippen molar-refractivity contribution in [1.29, 1.82) is 0 Å². The molecule has 0 N–H and O–H groups in total. The first-order valence-corrected chi connectivity index (χ1v) is 10.8. The summed E-state index contributed by atoms with van der Waals surface area (Å²) in [5.74, 6) is -1.43. The second-order valence-electron chi connectivity index (χ2n) is 7.00. The number of halogens is 2. The number of anilines is 1. The van der Waals surface area contributed by atoms with E-state index in [4.69, 9.17) is 14.2 Å². The van der Waals surface area contributed by atoms with Gasteiger partial charge in [0.15, 0.2) is 34.1 Å². The van der Waals surface area contributed by atoms with Crippen LogP contribution in [0.4, 0.5) is 14.6 Å². The fourth-order valence-electron chi connectivity index (χ4n) is 3.68. The van der Waals surface area contributed by atoms with Gasteiger partial charge in [-0.25, -0.2) is 23.7 Å². The number of methoxy groups -OCH3 is 3. The summed E-state index contributed by atoms with van der Waals surface area (Å²) in [5, 5.41) is 1.21. The lowest BCUT2D eigenvalue weighted by molar-refractivity contribution is 0.121. The number of pyridine rings is 1. The maximum atomic E-state index is 15.2. The van der Waals surface area contributed by atoms with Crippen molar-refractivity contribution >= 4 is 28.5 Å². The maximum Gasteiger partial charge on any atom is 0.187 e. The van der Waals surface area contributed by atoms with Gasteiger partial charge < -0.3 is 19.1 Å². The Hall–Kier alpha value is -2.72. The van der Waals surface area contributed by atoms with E-state index in [-0.39, 0.29) is 28.9 Å². The molecule has 3 aromatic rings. The molecule has 0 bridgehead atoms. The van der Waals surface area contributed by atoms with E-state index in [1.807, 2.05) is 11.2 Å². The Morgan fingerprint density at radius 1 is 1.06 bits per heavy atom. The van der Waals surface area contributed by atoms with Crippen molar-refractivity contribution in [3.05, 3.63) is 30.0 Å². The molecule has 7 nitrogen and oxygen atoms in total. The number of thioether (sulfide) groups is 1. The minimum Gasteiger partial charge on any atom is -0.494 e. The van der Waals surface area contributed by atoms with Crippen molar-refractivity contribution in [3.8, 4) is 22.8 Å². The second kappa shape index (κ2) is 8.80. The van der Waals surface area contributed by atoms with E-state index in [1.54, 1.807) is 19.4 Å². The molecule has 0 amide bonds. The molecule has 1 atom stereocenters. The highest BCUT2D eigenvalue weighted by Gasteiger charge is 2.28. The Morgan fingerprint density at radius 3 is 2.35 bits per heavy atom. The number of benzene rings is 1. The molecule has 4 rings (SSSR count). The average molecular weight is 448 g/mol. The zero-order valence-corrected chi connectivity index (χ0v) is 18.4. The molecule has 0 saturated carbocycles. The number of aromatic nitrogens is 3. The van der Waals surface area contributed by atoms with Gasteiger partial charge in [0, 0.05) is 37.8 Å². The molecule has 10 heteroatoms. The highest BCUT2D eigenvalue weighted by atomic mass is 32.2. The zero-order chi connectivity index (χ0) is 22.1. The molecule has 1 aliphatic heterocycles. The molecule has 1 aliphatic rings. The van der Waals surface area contributed by atoms with Crippen LogP contribution in [-0.2, 0) is 4.74 Å². The molecule has 1 fully saturated rings. The Labute approximate surface area is 182 Å². The summed E-state index contributed by atoms with van der Waals surface area (Å²) in [6, 6.07) is 2.75.